The van der Waals surface area contributed by atoms with Crippen molar-refractivity contribution in [1.29, 1.82) is 0 Å². The molecule has 1 unspecified atom stereocenters. The predicted octanol–water partition coefficient (Wildman–Crippen LogP) is 1.44. The van der Waals surface area contributed by atoms with Gasteiger partial charge in [0, 0.05) is 12.0 Å². The Morgan fingerprint density at radius 2 is 2.29 bits per heavy atom. The van der Waals surface area contributed by atoms with Gasteiger partial charge in [0.15, 0.2) is 0 Å². The first-order valence-corrected chi connectivity index (χ1v) is 4.39. The molecule has 0 aliphatic heterocycles. The minimum absolute atomic E-state index is 0.264. The van der Waals surface area contributed by atoms with Crippen LogP contribution in [0.1, 0.15) is 13.3 Å². The zero-order chi connectivity index (χ0) is 10.6. The average Bonchev–Trinajstić information content (AvgIpc) is 2.27. The molecule has 0 amide bonds. The smallest absolute Gasteiger partial charge is 0.312 e. The van der Waals surface area contributed by atoms with Crippen LogP contribution in [-0.4, -0.2) is 19.0 Å². The molecule has 74 valence electrons. The van der Waals surface area contributed by atoms with E-state index in [1.165, 1.54) is 7.11 Å². The van der Waals surface area contributed by atoms with Crippen LogP contribution in [0.4, 0.5) is 0 Å². The van der Waals surface area contributed by atoms with Gasteiger partial charge in [0.1, 0.15) is 5.94 Å². The first-order valence-electron chi connectivity index (χ1n) is 4.39. The standard InChI is InChI=1S/C11H12O3/c1-8(11(13)14-2)10-5-3-9(7-12)4-6-10/h3,5-6,8H,4H2,1-2H3. The summed E-state index contributed by atoms with van der Waals surface area (Å²) in [5.41, 5.74) is 1.49. The van der Waals surface area contributed by atoms with Gasteiger partial charge in [0.25, 0.3) is 0 Å². The highest BCUT2D eigenvalue weighted by Gasteiger charge is 2.17. The molecule has 0 heterocycles. The SMILES string of the molecule is COC(=O)C(C)C1=CCC(=C=O)C=C1. The van der Waals surface area contributed by atoms with E-state index in [2.05, 4.69) is 4.74 Å². The molecule has 1 aliphatic rings. The van der Waals surface area contributed by atoms with Crippen LogP contribution in [0.15, 0.2) is 29.4 Å². The summed E-state index contributed by atoms with van der Waals surface area (Å²) in [4.78, 5) is 21.5. The molecule has 0 N–H and O–H groups in total. The van der Waals surface area contributed by atoms with Gasteiger partial charge in [0.05, 0.1) is 13.0 Å². The summed E-state index contributed by atoms with van der Waals surface area (Å²) in [6.45, 7) is 1.78. The second-order valence-electron chi connectivity index (χ2n) is 3.11. The number of hydrogen-bond acceptors (Lipinski definition) is 3. The summed E-state index contributed by atoms with van der Waals surface area (Å²) in [5.74, 6) is 1.29. The van der Waals surface area contributed by atoms with Crippen molar-refractivity contribution in [3.63, 3.8) is 0 Å². The molecule has 0 aromatic carbocycles. The molecule has 1 rings (SSSR count). The molecule has 0 radical (unpaired) electrons. The van der Waals surface area contributed by atoms with Gasteiger partial charge in [0.2, 0.25) is 0 Å². The van der Waals surface area contributed by atoms with Gasteiger partial charge in [-0.1, -0.05) is 12.2 Å². The third kappa shape index (κ3) is 2.21. The molecule has 3 heteroatoms. The van der Waals surface area contributed by atoms with Gasteiger partial charge in [-0.15, -0.1) is 0 Å². The van der Waals surface area contributed by atoms with Crippen LogP contribution < -0.4 is 0 Å². The maximum absolute atomic E-state index is 11.2. The van der Waals surface area contributed by atoms with Crippen molar-refractivity contribution in [2.75, 3.05) is 7.11 Å². The van der Waals surface area contributed by atoms with E-state index in [1.54, 1.807) is 19.1 Å². The lowest BCUT2D eigenvalue weighted by Crippen LogP contribution is -2.15. The number of methoxy groups -OCH3 is 1. The highest BCUT2D eigenvalue weighted by Crippen LogP contribution is 2.20. The minimum atomic E-state index is -0.274. The number of esters is 1. The van der Waals surface area contributed by atoms with Crippen molar-refractivity contribution < 1.29 is 14.3 Å². The zero-order valence-corrected chi connectivity index (χ0v) is 8.24. The van der Waals surface area contributed by atoms with Crippen molar-refractivity contribution >= 4 is 11.9 Å². The fourth-order valence-electron chi connectivity index (χ4n) is 1.27. The van der Waals surface area contributed by atoms with Crippen LogP contribution in [-0.2, 0) is 14.3 Å². The second-order valence-corrected chi connectivity index (χ2v) is 3.11. The monoisotopic (exact) mass is 192 g/mol. The molecule has 0 fully saturated rings. The van der Waals surface area contributed by atoms with Crippen molar-refractivity contribution in [3.05, 3.63) is 29.4 Å². The molecular formula is C11H12O3. The summed E-state index contributed by atoms with van der Waals surface area (Å²) >= 11 is 0. The largest absolute Gasteiger partial charge is 0.469 e. The van der Waals surface area contributed by atoms with Crippen LogP contribution in [0.5, 0.6) is 0 Å². The van der Waals surface area contributed by atoms with Crippen molar-refractivity contribution in [2.24, 2.45) is 5.92 Å². The number of carbonyl (C=O) groups excluding carboxylic acids is 2. The molecule has 0 spiro atoms. The molecule has 0 bridgehead atoms. The highest BCUT2D eigenvalue weighted by atomic mass is 16.5. The van der Waals surface area contributed by atoms with E-state index in [9.17, 15) is 9.59 Å². The third-order valence-corrected chi connectivity index (χ3v) is 2.22. The fraction of sp³-hybridized carbons (Fsp3) is 0.364. The first-order chi connectivity index (χ1) is 6.69. The van der Waals surface area contributed by atoms with E-state index in [-0.39, 0.29) is 11.9 Å². The third-order valence-electron chi connectivity index (χ3n) is 2.22. The molecule has 3 nitrogen and oxygen atoms in total. The Hall–Kier alpha value is -1.60. The Kier molecular flexibility index (Phi) is 3.43. The Morgan fingerprint density at radius 1 is 1.57 bits per heavy atom. The lowest BCUT2D eigenvalue weighted by molar-refractivity contribution is -0.143. The van der Waals surface area contributed by atoms with E-state index < -0.39 is 0 Å². The van der Waals surface area contributed by atoms with Gasteiger partial charge in [-0.05, 0) is 18.6 Å². The lowest BCUT2D eigenvalue weighted by Gasteiger charge is -2.13. The van der Waals surface area contributed by atoms with Crippen LogP contribution in [0, 0.1) is 5.92 Å². The second kappa shape index (κ2) is 4.58. The zero-order valence-electron chi connectivity index (χ0n) is 8.24. The summed E-state index contributed by atoms with van der Waals surface area (Å²) in [6.07, 6.45) is 5.82. The Bertz CT molecular complexity index is 344. The number of carbonyl (C=O) groups is 1. The lowest BCUT2D eigenvalue weighted by atomic mass is 9.94. The van der Waals surface area contributed by atoms with Crippen molar-refractivity contribution in [1.82, 2.24) is 0 Å². The predicted molar refractivity (Wildman–Crippen MR) is 52.2 cm³/mol. The normalized spacial score (nSPS) is 17.0. The molecule has 1 atom stereocenters. The van der Waals surface area contributed by atoms with Gasteiger partial charge in [-0.25, -0.2) is 4.79 Å². The molecule has 0 aromatic heterocycles. The quantitative estimate of drug-likeness (QED) is 0.491. The maximum atomic E-state index is 11.2. The fourth-order valence-corrected chi connectivity index (χ4v) is 1.27. The van der Waals surface area contributed by atoms with Gasteiger partial charge >= 0.3 is 5.97 Å². The van der Waals surface area contributed by atoms with Crippen molar-refractivity contribution in [3.8, 4) is 0 Å². The minimum Gasteiger partial charge on any atom is -0.469 e. The highest BCUT2D eigenvalue weighted by molar-refractivity contribution is 5.76. The summed E-state index contributed by atoms with van der Waals surface area (Å²) in [7, 11) is 1.36. The Morgan fingerprint density at radius 3 is 2.71 bits per heavy atom. The van der Waals surface area contributed by atoms with Crippen LogP contribution in [0.2, 0.25) is 0 Å². The van der Waals surface area contributed by atoms with Crippen molar-refractivity contribution in [2.45, 2.75) is 13.3 Å². The number of rotatable bonds is 2. The Balaban J connectivity index is 2.74. The van der Waals surface area contributed by atoms with E-state index in [4.69, 9.17) is 0 Å². The maximum Gasteiger partial charge on any atom is 0.312 e. The van der Waals surface area contributed by atoms with E-state index >= 15 is 0 Å². The van der Waals surface area contributed by atoms with Gasteiger partial charge in [-0.2, -0.15) is 0 Å². The van der Waals surface area contributed by atoms with E-state index in [0.717, 1.165) is 5.57 Å². The number of ether oxygens (including phenoxy) is 1. The average molecular weight is 192 g/mol. The molecular weight excluding hydrogens is 180 g/mol. The van der Waals surface area contributed by atoms with Crippen LogP contribution in [0.3, 0.4) is 0 Å². The van der Waals surface area contributed by atoms with Crippen LogP contribution in [0.25, 0.3) is 0 Å². The topological polar surface area (TPSA) is 43.4 Å². The van der Waals surface area contributed by atoms with E-state index in [0.29, 0.717) is 12.0 Å². The van der Waals surface area contributed by atoms with Crippen LogP contribution >= 0.6 is 0 Å². The number of allylic oxidation sites excluding steroid dienone is 4. The molecule has 0 saturated carbocycles. The first kappa shape index (κ1) is 10.5. The summed E-state index contributed by atoms with van der Waals surface area (Å²) in [6, 6.07) is 0. The molecule has 1 aliphatic carbocycles. The molecule has 14 heavy (non-hydrogen) atoms. The summed E-state index contributed by atoms with van der Waals surface area (Å²) < 4.78 is 4.62. The van der Waals surface area contributed by atoms with Gasteiger partial charge < -0.3 is 4.74 Å². The van der Waals surface area contributed by atoms with E-state index in [1.807, 2.05) is 12.0 Å². The molecule has 0 aromatic rings. The summed E-state index contributed by atoms with van der Waals surface area (Å²) in [5, 5.41) is 0. The molecule has 0 saturated heterocycles. The number of hydrogen-bond donors (Lipinski definition) is 0. The van der Waals surface area contributed by atoms with Gasteiger partial charge in [-0.3, -0.25) is 4.79 Å². The Labute approximate surface area is 82.8 Å².